The zero-order valence-electron chi connectivity index (χ0n) is 8.26. The van der Waals surface area contributed by atoms with Crippen LogP contribution in [-0.4, -0.2) is 9.97 Å². The van der Waals surface area contributed by atoms with Gasteiger partial charge in [-0.1, -0.05) is 0 Å². The normalized spacial score (nSPS) is 16.2. The lowest BCUT2D eigenvalue weighted by Crippen LogP contribution is -1.72. The summed E-state index contributed by atoms with van der Waals surface area (Å²) < 4.78 is 21.8. The van der Waals surface area contributed by atoms with E-state index < -0.39 is 6.85 Å². The number of hydrogen-bond donors (Lipinski definition) is 1. The van der Waals surface area contributed by atoms with Crippen LogP contribution in [0, 0.1) is 6.85 Å². The molecule has 2 heteroatoms. The molecule has 0 fully saturated rings. The lowest BCUT2D eigenvalue weighted by atomic mass is 10.2. The Morgan fingerprint density at radius 3 is 3.60 bits per heavy atom. The zero-order chi connectivity index (χ0) is 9.47. The third kappa shape index (κ3) is 0.620. The van der Waals surface area contributed by atoms with Crippen LogP contribution in [0.3, 0.4) is 0 Å². The van der Waals surface area contributed by atoms with Crippen molar-refractivity contribution in [1.29, 1.82) is 0 Å². The van der Waals surface area contributed by atoms with Crippen molar-refractivity contribution in [2.45, 2.75) is 6.85 Å². The Labute approximate surface area is 63.1 Å². The minimum atomic E-state index is -2.07. The molecule has 0 amide bonds. The van der Waals surface area contributed by atoms with E-state index in [4.69, 9.17) is 4.11 Å². The molecule has 0 aromatic carbocycles. The monoisotopic (exact) mass is 135 g/mol. The highest BCUT2D eigenvalue weighted by molar-refractivity contribution is 5.78. The highest BCUT2D eigenvalue weighted by atomic mass is 14.8. The number of aromatic nitrogens is 2. The molecular formula is C8H8N2. The number of aryl methyl sites for hydroxylation is 1. The molecule has 0 radical (unpaired) electrons. The van der Waals surface area contributed by atoms with E-state index in [-0.39, 0.29) is 0 Å². The van der Waals surface area contributed by atoms with Crippen LogP contribution in [0.2, 0.25) is 0 Å². The first-order chi connectivity index (χ1) is 6.09. The van der Waals surface area contributed by atoms with Gasteiger partial charge in [-0.2, -0.15) is 0 Å². The van der Waals surface area contributed by atoms with Gasteiger partial charge in [0.1, 0.15) is 5.65 Å². The summed E-state index contributed by atoms with van der Waals surface area (Å²) in [5.41, 5.74) is 0.948. The topological polar surface area (TPSA) is 28.7 Å². The van der Waals surface area contributed by atoms with Crippen LogP contribution in [0.1, 0.15) is 9.68 Å². The Morgan fingerprint density at radius 1 is 1.70 bits per heavy atom. The molecule has 0 unspecified atom stereocenters. The van der Waals surface area contributed by atoms with Crippen molar-refractivity contribution in [3.8, 4) is 0 Å². The van der Waals surface area contributed by atoms with E-state index in [1.165, 1.54) is 6.20 Å². The van der Waals surface area contributed by atoms with Crippen molar-refractivity contribution < 1.29 is 4.11 Å². The number of nitrogens with one attached hydrogen (secondary N) is 1. The maximum atomic E-state index is 7.26. The van der Waals surface area contributed by atoms with Crippen molar-refractivity contribution in [2.24, 2.45) is 0 Å². The largest absolute Gasteiger partial charge is 0.346 e. The third-order valence-electron chi connectivity index (χ3n) is 1.45. The van der Waals surface area contributed by atoms with Crippen LogP contribution in [0.25, 0.3) is 11.0 Å². The van der Waals surface area contributed by atoms with E-state index in [1.54, 1.807) is 18.3 Å². The summed E-state index contributed by atoms with van der Waals surface area (Å²) in [5, 5.41) is 0.669. The van der Waals surface area contributed by atoms with Gasteiger partial charge in [-0.3, -0.25) is 0 Å². The minimum Gasteiger partial charge on any atom is -0.346 e. The molecule has 0 atom stereocenters. The summed E-state index contributed by atoms with van der Waals surface area (Å²) in [5.74, 6) is 0. The van der Waals surface area contributed by atoms with Crippen LogP contribution in [0.5, 0.6) is 0 Å². The van der Waals surface area contributed by atoms with Gasteiger partial charge in [0.05, 0.1) is 0 Å². The number of fused-ring (bicyclic) bond motifs is 1. The van der Waals surface area contributed by atoms with Crippen LogP contribution < -0.4 is 0 Å². The van der Waals surface area contributed by atoms with Crippen molar-refractivity contribution in [2.75, 3.05) is 0 Å². The average Bonchev–Trinajstić information content (AvgIpc) is 2.45. The van der Waals surface area contributed by atoms with Crippen molar-refractivity contribution in [3.05, 3.63) is 30.1 Å². The summed E-state index contributed by atoms with van der Waals surface area (Å²) in [6.07, 6.45) is 3.12. The second kappa shape index (κ2) is 1.84. The van der Waals surface area contributed by atoms with E-state index in [0.717, 1.165) is 0 Å². The molecule has 0 aliphatic carbocycles. The molecule has 2 rings (SSSR count). The maximum Gasteiger partial charge on any atom is 0.137 e. The molecule has 0 saturated carbocycles. The summed E-state index contributed by atoms with van der Waals surface area (Å²) in [6, 6.07) is 3.48. The first-order valence-electron chi connectivity index (χ1n) is 4.51. The molecule has 0 aliphatic heterocycles. The van der Waals surface area contributed by atoms with Crippen molar-refractivity contribution in [1.82, 2.24) is 9.97 Å². The van der Waals surface area contributed by atoms with E-state index >= 15 is 0 Å². The highest BCUT2D eigenvalue weighted by Gasteiger charge is 1.95. The molecule has 50 valence electrons. The number of aromatic amines is 1. The Morgan fingerprint density at radius 2 is 2.70 bits per heavy atom. The summed E-state index contributed by atoms with van der Waals surface area (Å²) in [4.78, 5) is 6.83. The van der Waals surface area contributed by atoms with E-state index in [9.17, 15) is 0 Å². The molecule has 2 aromatic heterocycles. The summed E-state index contributed by atoms with van der Waals surface area (Å²) in [7, 11) is 0. The quantitative estimate of drug-likeness (QED) is 0.587. The third-order valence-corrected chi connectivity index (χ3v) is 1.45. The number of pyridine rings is 1. The summed E-state index contributed by atoms with van der Waals surface area (Å²) in [6.45, 7) is -2.07. The number of nitrogens with zero attached hydrogens (tertiary/aromatic N) is 1. The molecule has 0 saturated heterocycles. The van der Waals surface area contributed by atoms with E-state index in [2.05, 4.69) is 9.97 Å². The van der Waals surface area contributed by atoms with Gasteiger partial charge in [-0.25, -0.2) is 4.98 Å². The Hall–Kier alpha value is -1.31. The second-order valence-electron chi connectivity index (χ2n) is 2.10. The highest BCUT2D eigenvalue weighted by Crippen LogP contribution is 2.12. The maximum absolute atomic E-state index is 7.26. The zero-order valence-corrected chi connectivity index (χ0v) is 5.26. The fourth-order valence-corrected chi connectivity index (χ4v) is 0.956. The van der Waals surface area contributed by atoms with Gasteiger partial charge in [0.2, 0.25) is 0 Å². The Balaban J connectivity index is 2.72. The molecular weight excluding hydrogens is 124 g/mol. The molecule has 0 bridgehead atoms. The predicted molar refractivity (Wildman–Crippen MR) is 40.8 cm³/mol. The lowest BCUT2D eigenvalue weighted by Gasteiger charge is -1.86. The molecule has 2 nitrogen and oxygen atoms in total. The smallest absolute Gasteiger partial charge is 0.137 e. The molecule has 0 spiro atoms. The van der Waals surface area contributed by atoms with E-state index in [0.29, 0.717) is 16.6 Å². The number of rotatable bonds is 0. The Bertz CT molecular complexity index is 430. The fraction of sp³-hybridized carbons (Fsp3) is 0.125. The summed E-state index contributed by atoms with van der Waals surface area (Å²) >= 11 is 0. The van der Waals surface area contributed by atoms with Crippen LogP contribution in [-0.2, 0) is 0 Å². The molecule has 1 N–H and O–H groups in total. The number of H-pyrrole nitrogens is 1. The van der Waals surface area contributed by atoms with Crippen LogP contribution in [0.15, 0.2) is 24.5 Å². The first-order valence-corrected chi connectivity index (χ1v) is 3.01. The SMILES string of the molecule is [2H]C([2H])([2H])c1c[nH]c2ncccc12. The minimum absolute atomic E-state index is 0.329. The Kier molecular flexibility index (Phi) is 0.586. The molecule has 2 heterocycles. The van der Waals surface area contributed by atoms with E-state index in [1.807, 2.05) is 0 Å². The van der Waals surface area contributed by atoms with Gasteiger partial charge in [0, 0.05) is 21.9 Å². The number of hydrogen-bond acceptors (Lipinski definition) is 1. The van der Waals surface area contributed by atoms with Crippen LogP contribution >= 0.6 is 0 Å². The molecule has 0 aliphatic rings. The standard InChI is InChI=1S/C8H8N2/c1-6-5-10-8-7(6)3-2-4-9-8/h2-5H,1H3,(H,9,10)/i1D3. The van der Waals surface area contributed by atoms with Crippen LogP contribution in [0.4, 0.5) is 0 Å². The fourth-order valence-electron chi connectivity index (χ4n) is 0.956. The molecule has 10 heavy (non-hydrogen) atoms. The molecule has 2 aromatic rings. The van der Waals surface area contributed by atoms with Gasteiger partial charge < -0.3 is 4.98 Å². The van der Waals surface area contributed by atoms with Gasteiger partial charge in [-0.05, 0) is 24.5 Å². The average molecular weight is 135 g/mol. The predicted octanol–water partition coefficient (Wildman–Crippen LogP) is 1.87. The van der Waals surface area contributed by atoms with Gasteiger partial charge in [-0.15, -0.1) is 0 Å². The van der Waals surface area contributed by atoms with Gasteiger partial charge >= 0.3 is 0 Å². The van der Waals surface area contributed by atoms with Gasteiger partial charge in [0.15, 0.2) is 0 Å². The van der Waals surface area contributed by atoms with Gasteiger partial charge in [0.25, 0.3) is 0 Å². The van der Waals surface area contributed by atoms with Crippen molar-refractivity contribution >= 4 is 11.0 Å². The second-order valence-corrected chi connectivity index (χ2v) is 2.10. The van der Waals surface area contributed by atoms with Crippen molar-refractivity contribution in [3.63, 3.8) is 0 Å². The lowest BCUT2D eigenvalue weighted by molar-refractivity contribution is 1.32. The first kappa shape index (κ1) is 3.19.